The minimum Gasteiger partial charge on any atom is -0.378 e. The first-order valence-corrected chi connectivity index (χ1v) is 6.64. The van der Waals surface area contributed by atoms with Gasteiger partial charge < -0.3 is 10.1 Å². The Hall–Kier alpha value is -0.870. The number of aryl methyl sites for hydroxylation is 1. The fourth-order valence-electron chi connectivity index (χ4n) is 2.43. The molecule has 1 aromatic rings. The van der Waals surface area contributed by atoms with Crippen LogP contribution in [0.1, 0.15) is 44.3 Å². The maximum absolute atomic E-state index is 5.81. The molecule has 1 aromatic heterocycles. The van der Waals surface area contributed by atoms with Gasteiger partial charge >= 0.3 is 0 Å². The second kappa shape index (κ2) is 6.17. The highest BCUT2D eigenvalue weighted by Gasteiger charge is 2.21. The molecule has 1 saturated heterocycles. The Bertz CT molecular complexity index is 331. The zero-order valence-corrected chi connectivity index (χ0v) is 10.9. The smallest absolute Gasteiger partial charge is 0.0794 e. The molecule has 1 aliphatic heterocycles. The van der Waals surface area contributed by atoms with Crippen molar-refractivity contribution in [1.82, 2.24) is 15.1 Å². The van der Waals surface area contributed by atoms with Gasteiger partial charge in [0, 0.05) is 19.9 Å². The second-order valence-electron chi connectivity index (χ2n) is 4.75. The predicted molar refractivity (Wildman–Crippen MR) is 67.8 cm³/mol. The molecule has 0 aliphatic carbocycles. The van der Waals surface area contributed by atoms with Crippen molar-refractivity contribution in [3.63, 3.8) is 0 Å². The minimum absolute atomic E-state index is 0.323. The van der Waals surface area contributed by atoms with E-state index in [-0.39, 0.29) is 0 Å². The summed E-state index contributed by atoms with van der Waals surface area (Å²) < 4.78 is 7.67. The summed E-state index contributed by atoms with van der Waals surface area (Å²) in [5.74, 6) is 0. The Morgan fingerprint density at radius 1 is 1.59 bits per heavy atom. The number of rotatable bonds is 5. The van der Waals surface area contributed by atoms with Crippen molar-refractivity contribution >= 4 is 0 Å². The Morgan fingerprint density at radius 2 is 2.47 bits per heavy atom. The van der Waals surface area contributed by atoms with Crippen LogP contribution in [-0.2, 0) is 11.8 Å². The molecule has 4 nitrogen and oxygen atoms in total. The van der Waals surface area contributed by atoms with Crippen LogP contribution in [0.2, 0.25) is 0 Å². The van der Waals surface area contributed by atoms with Crippen molar-refractivity contribution in [1.29, 1.82) is 0 Å². The topological polar surface area (TPSA) is 39.1 Å². The molecule has 2 heterocycles. The molecule has 1 aliphatic rings. The highest BCUT2D eigenvalue weighted by Crippen LogP contribution is 2.23. The molecule has 0 saturated carbocycles. The van der Waals surface area contributed by atoms with Gasteiger partial charge in [0.2, 0.25) is 0 Å². The summed E-state index contributed by atoms with van der Waals surface area (Å²) in [6.07, 6.45) is 7.13. The van der Waals surface area contributed by atoms with Crippen LogP contribution in [0.5, 0.6) is 0 Å². The number of ether oxygens (including phenoxy) is 1. The molecule has 2 rings (SSSR count). The zero-order chi connectivity index (χ0) is 12.1. The largest absolute Gasteiger partial charge is 0.378 e. The van der Waals surface area contributed by atoms with E-state index in [0.29, 0.717) is 12.1 Å². The van der Waals surface area contributed by atoms with Crippen molar-refractivity contribution in [2.75, 3.05) is 13.2 Å². The van der Waals surface area contributed by atoms with Crippen molar-refractivity contribution in [2.24, 2.45) is 7.05 Å². The molecule has 1 N–H and O–H groups in total. The minimum atomic E-state index is 0.323. The Balaban J connectivity index is 1.96. The number of hydrogen-bond acceptors (Lipinski definition) is 3. The molecule has 17 heavy (non-hydrogen) atoms. The average Bonchev–Trinajstić information content (AvgIpc) is 2.77. The van der Waals surface area contributed by atoms with Crippen LogP contribution >= 0.6 is 0 Å². The van der Waals surface area contributed by atoms with Gasteiger partial charge in [0.1, 0.15) is 0 Å². The van der Waals surface area contributed by atoms with E-state index in [9.17, 15) is 0 Å². The molecule has 2 atom stereocenters. The van der Waals surface area contributed by atoms with E-state index >= 15 is 0 Å². The summed E-state index contributed by atoms with van der Waals surface area (Å²) >= 11 is 0. The summed E-state index contributed by atoms with van der Waals surface area (Å²) in [6, 6.07) is 2.42. The maximum Gasteiger partial charge on any atom is 0.0794 e. The van der Waals surface area contributed by atoms with Crippen LogP contribution in [0.25, 0.3) is 0 Å². The monoisotopic (exact) mass is 237 g/mol. The average molecular weight is 237 g/mol. The lowest BCUT2D eigenvalue weighted by Crippen LogP contribution is -2.29. The first-order chi connectivity index (χ1) is 8.29. The first kappa shape index (κ1) is 12.6. The Morgan fingerprint density at radius 3 is 3.06 bits per heavy atom. The van der Waals surface area contributed by atoms with Gasteiger partial charge in [-0.3, -0.25) is 4.68 Å². The van der Waals surface area contributed by atoms with Crippen molar-refractivity contribution in [3.8, 4) is 0 Å². The third-order valence-corrected chi connectivity index (χ3v) is 3.31. The highest BCUT2D eigenvalue weighted by atomic mass is 16.5. The van der Waals surface area contributed by atoms with Crippen molar-refractivity contribution in [3.05, 3.63) is 18.0 Å². The van der Waals surface area contributed by atoms with Crippen LogP contribution in [0.15, 0.2) is 12.3 Å². The summed E-state index contributed by atoms with van der Waals surface area (Å²) in [7, 11) is 1.96. The third kappa shape index (κ3) is 3.54. The molecule has 4 heteroatoms. The lowest BCUT2D eigenvalue weighted by Gasteiger charge is -2.26. The summed E-state index contributed by atoms with van der Waals surface area (Å²) in [6.45, 7) is 4.03. The number of nitrogens with zero attached hydrogens (tertiary/aromatic N) is 2. The van der Waals surface area contributed by atoms with E-state index in [0.717, 1.165) is 25.3 Å². The van der Waals surface area contributed by atoms with Crippen molar-refractivity contribution < 1.29 is 4.74 Å². The molecule has 0 amide bonds. The molecular weight excluding hydrogens is 214 g/mol. The predicted octanol–water partition coefficient (Wildman–Crippen LogP) is 2.03. The molecule has 96 valence electrons. The van der Waals surface area contributed by atoms with Gasteiger partial charge in [0.15, 0.2) is 0 Å². The number of nitrogens with one attached hydrogen (secondary N) is 1. The second-order valence-corrected chi connectivity index (χ2v) is 4.75. The van der Waals surface area contributed by atoms with E-state index in [4.69, 9.17) is 4.74 Å². The van der Waals surface area contributed by atoms with Gasteiger partial charge in [0.25, 0.3) is 0 Å². The molecular formula is C13H23N3O. The fourth-order valence-corrected chi connectivity index (χ4v) is 2.43. The van der Waals surface area contributed by atoms with Gasteiger partial charge in [0.05, 0.1) is 17.8 Å². The number of aromatic nitrogens is 2. The first-order valence-electron chi connectivity index (χ1n) is 6.64. The van der Waals surface area contributed by atoms with Crippen LogP contribution in [0.3, 0.4) is 0 Å². The Kier molecular flexibility index (Phi) is 4.57. The number of hydrogen-bond donors (Lipinski definition) is 1. The molecule has 2 unspecified atom stereocenters. The van der Waals surface area contributed by atoms with E-state index < -0.39 is 0 Å². The van der Waals surface area contributed by atoms with E-state index in [1.165, 1.54) is 19.3 Å². The fraction of sp³-hybridized carbons (Fsp3) is 0.769. The third-order valence-electron chi connectivity index (χ3n) is 3.31. The van der Waals surface area contributed by atoms with Crippen LogP contribution in [-0.4, -0.2) is 29.0 Å². The SMILES string of the molecule is CCNC(CC1CCCCO1)c1ccn(C)n1. The van der Waals surface area contributed by atoms with Gasteiger partial charge in [-0.2, -0.15) is 5.10 Å². The molecule has 0 bridgehead atoms. The van der Waals surface area contributed by atoms with Gasteiger partial charge in [-0.1, -0.05) is 6.92 Å². The molecule has 0 radical (unpaired) electrons. The quantitative estimate of drug-likeness (QED) is 0.851. The molecule has 0 spiro atoms. The maximum atomic E-state index is 5.81. The normalized spacial score (nSPS) is 22.6. The van der Waals surface area contributed by atoms with Gasteiger partial charge in [-0.05, 0) is 38.3 Å². The zero-order valence-electron chi connectivity index (χ0n) is 10.9. The lowest BCUT2D eigenvalue weighted by atomic mass is 10.00. The van der Waals surface area contributed by atoms with E-state index in [2.05, 4.69) is 23.4 Å². The van der Waals surface area contributed by atoms with Crippen LogP contribution < -0.4 is 5.32 Å². The highest BCUT2D eigenvalue weighted by molar-refractivity contribution is 5.06. The van der Waals surface area contributed by atoms with Crippen LogP contribution in [0, 0.1) is 0 Å². The van der Waals surface area contributed by atoms with Crippen LogP contribution in [0.4, 0.5) is 0 Å². The summed E-state index contributed by atoms with van der Waals surface area (Å²) in [4.78, 5) is 0. The van der Waals surface area contributed by atoms with Gasteiger partial charge in [-0.15, -0.1) is 0 Å². The molecule has 1 fully saturated rings. The Labute approximate surface area is 103 Å². The van der Waals surface area contributed by atoms with Gasteiger partial charge in [-0.25, -0.2) is 0 Å². The van der Waals surface area contributed by atoms with E-state index in [1.807, 2.05) is 17.9 Å². The van der Waals surface area contributed by atoms with E-state index in [1.54, 1.807) is 0 Å². The molecule has 0 aromatic carbocycles. The lowest BCUT2D eigenvalue weighted by molar-refractivity contribution is 0.00486. The summed E-state index contributed by atoms with van der Waals surface area (Å²) in [5, 5.41) is 8.00. The standard InChI is InChI=1S/C13H23N3O/c1-3-14-13(12-7-8-16(2)15-12)10-11-6-4-5-9-17-11/h7-8,11,13-14H,3-6,9-10H2,1-2H3. The summed E-state index contributed by atoms with van der Waals surface area (Å²) in [5.41, 5.74) is 1.13. The van der Waals surface area contributed by atoms with Crippen molar-refractivity contribution in [2.45, 2.75) is 44.8 Å².